The topological polar surface area (TPSA) is 55.0 Å². The Morgan fingerprint density at radius 2 is 2.50 bits per heavy atom. The molecule has 1 aromatic heterocycles. The van der Waals surface area contributed by atoms with Crippen molar-refractivity contribution in [2.75, 3.05) is 6.61 Å². The first kappa shape index (κ1) is 11.1. The first-order chi connectivity index (χ1) is 6.77. The van der Waals surface area contributed by atoms with Crippen LogP contribution in [-0.2, 0) is 9.53 Å². The number of esters is 1. The molecule has 0 saturated carbocycles. The minimum Gasteiger partial charge on any atom is -0.465 e. The zero-order valence-corrected chi connectivity index (χ0v) is 9.13. The first-order valence-corrected chi connectivity index (χ1v) is 5.48. The molecule has 0 aliphatic rings. The van der Waals surface area contributed by atoms with Crippen molar-refractivity contribution in [3.8, 4) is 0 Å². The van der Waals surface area contributed by atoms with E-state index >= 15 is 0 Å². The van der Waals surface area contributed by atoms with E-state index in [1.807, 2.05) is 13.8 Å². The van der Waals surface area contributed by atoms with E-state index in [0.29, 0.717) is 6.61 Å². The summed E-state index contributed by atoms with van der Waals surface area (Å²) in [5, 5.41) is 0.589. The summed E-state index contributed by atoms with van der Waals surface area (Å²) in [6.45, 7) is 4.19. The highest BCUT2D eigenvalue weighted by atomic mass is 32.2. The summed E-state index contributed by atoms with van der Waals surface area (Å²) >= 11 is 1.40. The molecular formula is C9H14N2O2S. The molecule has 0 aromatic carbocycles. The number of rotatable bonds is 5. The lowest BCUT2D eigenvalue weighted by molar-refractivity contribution is -0.142. The van der Waals surface area contributed by atoms with Crippen LogP contribution in [0.4, 0.5) is 0 Å². The number of hydrogen-bond donors (Lipinski definition) is 1. The van der Waals surface area contributed by atoms with Crippen LogP contribution in [0.25, 0.3) is 0 Å². The Bertz CT molecular complexity index is 274. The third-order valence-corrected chi connectivity index (χ3v) is 2.90. The standard InChI is InChI=1S/C9H14N2O2S/c1-3-7(8(12)13-4-2)14-9-10-5-6-11-9/h5-7H,3-4H2,1-2H3,(H,10,11)/t7-/m0/s1. The molecule has 78 valence electrons. The summed E-state index contributed by atoms with van der Waals surface area (Å²) in [6, 6.07) is 0. The van der Waals surface area contributed by atoms with Crippen molar-refractivity contribution in [1.29, 1.82) is 0 Å². The Kier molecular flexibility index (Phi) is 4.52. The Morgan fingerprint density at radius 3 is 3.00 bits per heavy atom. The van der Waals surface area contributed by atoms with Gasteiger partial charge < -0.3 is 9.72 Å². The summed E-state index contributed by atoms with van der Waals surface area (Å²) in [6.07, 6.45) is 4.14. The molecule has 0 saturated heterocycles. The molecule has 0 amide bonds. The maximum Gasteiger partial charge on any atom is 0.319 e. The number of nitrogens with one attached hydrogen (secondary N) is 1. The van der Waals surface area contributed by atoms with E-state index < -0.39 is 0 Å². The van der Waals surface area contributed by atoms with Crippen LogP contribution in [0.5, 0.6) is 0 Å². The van der Waals surface area contributed by atoms with Crippen LogP contribution in [0.2, 0.25) is 0 Å². The van der Waals surface area contributed by atoms with Gasteiger partial charge in [0.2, 0.25) is 0 Å². The van der Waals surface area contributed by atoms with Gasteiger partial charge in [-0.25, -0.2) is 4.98 Å². The van der Waals surface area contributed by atoms with Gasteiger partial charge in [-0.15, -0.1) is 0 Å². The maximum absolute atomic E-state index is 11.4. The number of thioether (sulfide) groups is 1. The van der Waals surface area contributed by atoms with E-state index in [0.717, 1.165) is 11.6 Å². The molecule has 0 bridgehead atoms. The van der Waals surface area contributed by atoms with Crippen molar-refractivity contribution >= 4 is 17.7 Å². The third-order valence-electron chi connectivity index (χ3n) is 1.65. The fourth-order valence-corrected chi connectivity index (χ4v) is 1.84. The smallest absolute Gasteiger partial charge is 0.319 e. The minimum absolute atomic E-state index is 0.166. The average Bonchev–Trinajstić information content (AvgIpc) is 2.66. The molecule has 1 atom stereocenters. The normalized spacial score (nSPS) is 12.4. The van der Waals surface area contributed by atoms with Crippen LogP contribution in [0, 0.1) is 0 Å². The van der Waals surface area contributed by atoms with Gasteiger partial charge in [-0.2, -0.15) is 0 Å². The molecule has 0 aliphatic heterocycles. The molecule has 5 heteroatoms. The molecule has 1 rings (SSSR count). The molecule has 0 spiro atoms. The first-order valence-electron chi connectivity index (χ1n) is 4.60. The van der Waals surface area contributed by atoms with Gasteiger partial charge in [-0.05, 0) is 13.3 Å². The Hall–Kier alpha value is -0.970. The van der Waals surface area contributed by atoms with E-state index in [1.54, 1.807) is 12.4 Å². The highest BCUT2D eigenvalue weighted by Gasteiger charge is 2.19. The van der Waals surface area contributed by atoms with Crippen LogP contribution >= 0.6 is 11.8 Å². The molecule has 1 aromatic rings. The zero-order valence-electron chi connectivity index (χ0n) is 8.32. The van der Waals surface area contributed by atoms with E-state index in [4.69, 9.17) is 4.74 Å². The Labute approximate surface area is 87.4 Å². The SMILES string of the molecule is CCOC(=O)[C@H](CC)Sc1ncc[nH]1. The zero-order chi connectivity index (χ0) is 10.4. The van der Waals surface area contributed by atoms with Crippen LogP contribution < -0.4 is 0 Å². The number of imidazole rings is 1. The fraction of sp³-hybridized carbons (Fsp3) is 0.556. The molecule has 1 heterocycles. The van der Waals surface area contributed by atoms with Crippen molar-refractivity contribution in [3.63, 3.8) is 0 Å². The van der Waals surface area contributed by atoms with Gasteiger partial charge >= 0.3 is 5.97 Å². The summed E-state index contributed by atoms with van der Waals surface area (Å²) in [5.74, 6) is -0.170. The quantitative estimate of drug-likeness (QED) is 0.600. The van der Waals surface area contributed by atoms with Gasteiger partial charge in [0.15, 0.2) is 5.16 Å². The summed E-state index contributed by atoms with van der Waals surface area (Å²) in [7, 11) is 0. The summed E-state index contributed by atoms with van der Waals surface area (Å²) in [4.78, 5) is 18.4. The van der Waals surface area contributed by atoms with Crippen LogP contribution in [0.15, 0.2) is 17.6 Å². The van der Waals surface area contributed by atoms with Crippen molar-refractivity contribution < 1.29 is 9.53 Å². The van der Waals surface area contributed by atoms with Crippen molar-refractivity contribution in [3.05, 3.63) is 12.4 Å². The highest BCUT2D eigenvalue weighted by molar-refractivity contribution is 8.00. The number of carbonyl (C=O) groups is 1. The molecule has 0 aliphatic carbocycles. The lowest BCUT2D eigenvalue weighted by atomic mass is 10.3. The number of H-pyrrole nitrogens is 1. The number of nitrogens with zero attached hydrogens (tertiary/aromatic N) is 1. The summed E-state index contributed by atoms with van der Waals surface area (Å²) < 4.78 is 4.94. The predicted octanol–water partition coefficient (Wildman–Crippen LogP) is 1.84. The summed E-state index contributed by atoms with van der Waals surface area (Å²) in [5.41, 5.74) is 0. The number of hydrogen-bond acceptors (Lipinski definition) is 4. The molecule has 4 nitrogen and oxygen atoms in total. The number of carbonyl (C=O) groups excluding carboxylic acids is 1. The monoisotopic (exact) mass is 214 g/mol. The second-order valence-corrected chi connectivity index (χ2v) is 3.85. The van der Waals surface area contributed by atoms with E-state index in [2.05, 4.69) is 9.97 Å². The molecule has 0 radical (unpaired) electrons. The Morgan fingerprint density at radius 1 is 1.71 bits per heavy atom. The van der Waals surface area contributed by atoms with Gasteiger partial charge in [0.25, 0.3) is 0 Å². The number of aromatic nitrogens is 2. The van der Waals surface area contributed by atoms with Crippen molar-refractivity contribution in [2.45, 2.75) is 30.7 Å². The van der Waals surface area contributed by atoms with Gasteiger partial charge in [0.1, 0.15) is 5.25 Å². The molecule has 14 heavy (non-hydrogen) atoms. The third kappa shape index (κ3) is 3.06. The second kappa shape index (κ2) is 5.70. The van der Waals surface area contributed by atoms with E-state index in [-0.39, 0.29) is 11.2 Å². The maximum atomic E-state index is 11.4. The predicted molar refractivity (Wildman–Crippen MR) is 55.2 cm³/mol. The van der Waals surface area contributed by atoms with Crippen LogP contribution in [0.1, 0.15) is 20.3 Å². The van der Waals surface area contributed by atoms with Gasteiger partial charge in [0.05, 0.1) is 6.61 Å². The highest BCUT2D eigenvalue weighted by Crippen LogP contribution is 2.22. The molecule has 0 unspecified atom stereocenters. The number of aromatic amines is 1. The molecule has 0 fully saturated rings. The molecule has 1 N–H and O–H groups in total. The van der Waals surface area contributed by atoms with E-state index in [9.17, 15) is 4.79 Å². The average molecular weight is 214 g/mol. The second-order valence-electron chi connectivity index (χ2n) is 2.66. The lowest BCUT2D eigenvalue weighted by Gasteiger charge is -2.10. The van der Waals surface area contributed by atoms with Crippen molar-refractivity contribution in [2.24, 2.45) is 0 Å². The van der Waals surface area contributed by atoms with E-state index in [1.165, 1.54) is 11.8 Å². The van der Waals surface area contributed by atoms with Crippen molar-refractivity contribution in [1.82, 2.24) is 9.97 Å². The van der Waals surface area contributed by atoms with Gasteiger partial charge in [0, 0.05) is 12.4 Å². The largest absolute Gasteiger partial charge is 0.465 e. The van der Waals surface area contributed by atoms with Crippen LogP contribution in [0.3, 0.4) is 0 Å². The minimum atomic E-state index is -0.170. The molecular weight excluding hydrogens is 200 g/mol. The van der Waals surface area contributed by atoms with Gasteiger partial charge in [-0.3, -0.25) is 4.79 Å². The Balaban J connectivity index is 2.50. The van der Waals surface area contributed by atoms with Crippen LogP contribution in [-0.4, -0.2) is 27.8 Å². The van der Waals surface area contributed by atoms with Gasteiger partial charge in [-0.1, -0.05) is 18.7 Å². The number of ether oxygens (including phenoxy) is 1. The fourth-order valence-electron chi connectivity index (χ4n) is 0.983. The lowest BCUT2D eigenvalue weighted by Crippen LogP contribution is -2.19.